The van der Waals surface area contributed by atoms with E-state index in [0.717, 1.165) is 0 Å². The molecule has 9 rings (SSSR count). The van der Waals surface area contributed by atoms with E-state index >= 15 is 0 Å². The van der Waals surface area contributed by atoms with Crippen LogP contribution in [0.5, 0.6) is 0 Å². The quantitative estimate of drug-likeness (QED) is 0.176. The molecule has 7 aromatic rings. The standard InChI is InChI=1S/C32H18/c1-2-4-20-16-28-26-14-12-24-22-10-8-18-6-5-17-7-9-21(30(22)29(17)18)23-11-13-25(32(26)31(23)24)27(28)15-19(20)3-1/h1-4,7-16H,5-6H2. The zero-order valence-corrected chi connectivity index (χ0v) is 17.5. The Morgan fingerprint density at radius 2 is 0.844 bits per heavy atom. The molecule has 0 aromatic heterocycles. The van der Waals surface area contributed by atoms with Crippen LogP contribution in [0.3, 0.4) is 0 Å². The van der Waals surface area contributed by atoms with Crippen molar-refractivity contribution in [2.45, 2.75) is 12.8 Å². The summed E-state index contributed by atoms with van der Waals surface area (Å²) in [5.41, 5.74) is 8.58. The Balaban J connectivity index is 1.54. The molecule has 0 aliphatic heterocycles. The van der Waals surface area contributed by atoms with Crippen molar-refractivity contribution in [1.29, 1.82) is 0 Å². The highest BCUT2D eigenvalue weighted by Gasteiger charge is 2.26. The van der Waals surface area contributed by atoms with Crippen LogP contribution in [0.1, 0.15) is 11.1 Å². The van der Waals surface area contributed by atoms with Gasteiger partial charge in [-0.2, -0.15) is 0 Å². The third-order valence-electron chi connectivity index (χ3n) is 8.20. The van der Waals surface area contributed by atoms with Gasteiger partial charge in [0.05, 0.1) is 0 Å². The number of benzene rings is 7. The summed E-state index contributed by atoms with van der Waals surface area (Å²) in [6, 6.07) is 32.6. The van der Waals surface area contributed by atoms with Crippen molar-refractivity contribution in [3.05, 3.63) is 96.1 Å². The van der Waals surface area contributed by atoms with Gasteiger partial charge in [0.25, 0.3) is 0 Å². The Morgan fingerprint density at radius 1 is 0.375 bits per heavy atom. The van der Waals surface area contributed by atoms with Gasteiger partial charge in [0, 0.05) is 0 Å². The van der Waals surface area contributed by atoms with E-state index in [-0.39, 0.29) is 0 Å². The van der Waals surface area contributed by atoms with Crippen LogP contribution in [-0.2, 0) is 12.8 Å². The summed E-state index contributed by atoms with van der Waals surface area (Å²) in [6.45, 7) is 0. The summed E-state index contributed by atoms with van der Waals surface area (Å²) < 4.78 is 0. The van der Waals surface area contributed by atoms with Gasteiger partial charge in [0.1, 0.15) is 0 Å². The van der Waals surface area contributed by atoms with E-state index in [0.29, 0.717) is 0 Å². The summed E-state index contributed by atoms with van der Waals surface area (Å²) >= 11 is 0. The lowest BCUT2D eigenvalue weighted by Crippen LogP contribution is -1.89. The number of aryl methyl sites for hydroxylation is 2. The van der Waals surface area contributed by atoms with E-state index in [1.54, 1.807) is 0 Å². The van der Waals surface area contributed by atoms with Gasteiger partial charge in [-0.25, -0.2) is 0 Å². The summed E-state index contributed by atoms with van der Waals surface area (Å²) in [5, 5.41) is 14.2. The topological polar surface area (TPSA) is 0 Å². The summed E-state index contributed by atoms with van der Waals surface area (Å²) in [7, 11) is 0. The maximum atomic E-state index is 2.39. The Morgan fingerprint density at radius 3 is 1.38 bits per heavy atom. The van der Waals surface area contributed by atoms with E-state index in [9.17, 15) is 0 Å². The van der Waals surface area contributed by atoms with Crippen LogP contribution in [0.4, 0.5) is 0 Å². The van der Waals surface area contributed by atoms with Crippen molar-refractivity contribution >= 4 is 53.9 Å². The molecule has 0 saturated carbocycles. The van der Waals surface area contributed by atoms with Crippen LogP contribution >= 0.6 is 0 Å². The fourth-order valence-electron chi connectivity index (χ4n) is 6.86. The average Bonchev–Trinajstić information content (AvgIpc) is 3.41. The molecule has 0 bridgehead atoms. The molecule has 0 fully saturated rings. The molecular weight excluding hydrogens is 384 g/mol. The Kier molecular flexibility index (Phi) is 2.53. The van der Waals surface area contributed by atoms with Crippen LogP contribution in [0.2, 0.25) is 0 Å². The third-order valence-corrected chi connectivity index (χ3v) is 8.20. The summed E-state index contributed by atoms with van der Waals surface area (Å²) in [4.78, 5) is 0. The van der Waals surface area contributed by atoms with Crippen LogP contribution in [0.15, 0.2) is 84.9 Å². The first-order valence-electron chi connectivity index (χ1n) is 11.6. The van der Waals surface area contributed by atoms with Crippen LogP contribution < -0.4 is 0 Å². The van der Waals surface area contributed by atoms with Gasteiger partial charge in [-0.3, -0.25) is 0 Å². The number of rotatable bonds is 0. The van der Waals surface area contributed by atoms with E-state index < -0.39 is 0 Å². The van der Waals surface area contributed by atoms with Crippen molar-refractivity contribution in [3.8, 4) is 22.3 Å². The molecule has 0 heterocycles. The molecule has 0 saturated heterocycles. The second-order valence-corrected chi connectivity index (χ2v) is 9.61. The maximum Gasteiger partial charge on any atom is -0.00139 e. The highest BCUT2D eigenvalue weighted by molar-refractivity contribution is 6.37. The largest absolute Gasteiger partial charge is 0.0616 e. The molecule has 0 N–H and O–H groups in total. The predicted octanol–water partition coefficient (Wildman–Crippen LogP) is 8.64. The van der Waals surface area contributed by atoms with Crippen LogP contribution in [0.25, 0.3) is 76.1 Å². The fourth-order valence-corrected chi connectivity index (χ4v) is 6.86. The Hall–Kier alpha value is -3.90. The highest BCUT2D eigenvalue weighted by Crippen LogP contribution is 2.53. The molecule has 0 unspecified atom stereocenters. The molecule has 7 aromatic carbocycles. The monoisotopic (exact) mass is 402 g/mol. The maximum absolute atomic E-state index is 2.39. The second kappa shape index (κ2) is 5.11. The van der Waals surface area contributed by atoms with E-state index in [4.69, 9.17) is 0 Å². The highest BCUT2D eigenvalue weighted by atomic mass is 14.3. The van der Waals surface area contributed by atoms with E-state index in [1.165, 1.54) is 100 Å². The van der Waals surface area contributed by atoms with Gasteiger partial charge in [-0.05, 0) is 112 Å². The minimum Gasteiger partial charge on any atom is -0.0616 e. The number of hydrogen-bond donors (Lipinski definition) is 0. The van der Waals surface area contributed by atoms with Crippen LogP contribution in [0, 0.1) is 0 Å². The smallest absolute Gasteiger partial charge is 0.00139 e. The third kappa shape index (κ3) is 1.64. The lowest BCUT2D eigenvalue weighted by Gasteiger charge is -2.16. The lowest BCUT2D eigenvalue weighted by atomic mass is 9.87. The van der Waals surface area contributed by atoms with Gasteiger partial charge >= 0.3 is 0 Å². The predicted molar refractivity (Wildman–Crippen MR) is 137 cm³/mol. The second-order valence-electron chi connectivity index (χ2n) is 9.61. The van der Waals surface area contributed by atoms with Crippen molar-refractivity contribution in [3.63, 3.8) is 0 Å². The van der Waals surface area contributed by atoms with Crippen molar-refractivity contribution in [2.75, 3.05) is 0 Å². The summed E-state index contributed by atoms with van der Waals surface area (Å²) in [6.07, 6.45) is 2.36. The van der Waals surface area contributed by atoms with Gasteiger partial charge in [0.15, 0.2) is 0 Å². The SMILES string of the molecule is c1ccc2cc3c(cc2c1)-c1ccc2c4ccc5c6c(ccc(c7ccc-3c1c27)c64)CC5. The first-order chi connectivity index (χ1) is 15.9. The fraction of sp³-hybridized carbons (Fsp3) is 0.0625. The van der Waals surface area contributed by atoms with Crippen molar-refractivity contribution in [2.24, 2.45) is 0 Å². The van der Waals surface area contributed by atoms with E-state index in [1.807, 2.05) is 0 Å². The first-order valence-corrected chi connectivity index (χ1v) is 11.6. The number of hydrogen-bond acceptors (Lipinski definition) is 0. The van der Waals surface area contributed by atoms with Gasteiger partial charge < -0.3 is 0 Å². The molecule has 146 valence electrons. The van der Waals surface area contributed by atoms with Crippen LogP contribution in [-0.4, -0.2) is 0 Å². The zero-order valence-electron chi connectivity index (χ0n) is 17.5. The minimum atomic E-state index is 1.18. The lowest BCUT2D eigenvalue weighted by molar-refractivity contribution is 1.02. The normalized spacial score (nSPS) is 14.0. The average molecular weight is 402 g/mol. The number of fused-ring (bicyclic) bond motifs is 6. The van der Waals surface area contributed by atoms with Crippen molar-refractivity contribution in [1.82, 2.24) is 0 Å². The van der Waals surface area contributed by atoms with Crippen molar-refractivity contribution < 1.29 is 0 Å². The molecule has 2 aliphatic carbocycles. The zero-order chi connectivity index (χ0) is 20.6. The molecule has 0 heteroatoms. The molecule has 2 aliphatic rings. The molecular formula is C32H18. The molecule has 0 radical (unpaired) electrons. The Labute approximate surface area is 185 Å². The molecule has 32 heavy (non-hydrogen) atoms. The first kappa shape index (κ1) is 15.8. The van der Waals surface area contributed by atoms with Gasteiger partial charge in [-0.15, -0.1) is 0 Å². The minimum absolute atomic E-state index is 1.18. The van der Waals surface area contributed by atoms with Gasteiger partial charge in [-0.1, -0.05) is 72.8 Å². The molecule has 0 nitrogen and oxygen atoms in total. The van der Waals surface area contributed by atoms with E-state index in [2.05, 4.69) is 84.9 Å². The van der Waals surface area contributed by atoms with Gasteiger partial charge in [0.2, 0.25) is 0 Å². The summed E-state index contributed by atoms with van der Waals surface area (Å²) in [5.74, 6) is 0. The molecule has 0 spiro atoms. The molecule has 0 amide bonds. The Bertz CT molecular complexity index is 1830. The molecule has 0 atom stereocenters.